The second-order valence-corrected chi connectivity index (χ2v) is 8.23. The van der Waals surface area contributed by atoms with E-state index in [2.05, 4.69) is 45.8 Å². The number of carbonyl (C=O) groups excluding carboxylic acids is 1. The molecule has 0 aliphatic rings. The van der Waals surface area contributed by atoms with E-state index in [1.54, 1.807) is 0 Å². The average Bonchev–Trinajstić information content (AvgIpc) is 3.19. The number of H-pyrrole nitrogens is 1. The van der Waals surface area contributed by atoms with Crippen molar-refractivity contribution in [2.75, 3.05) is 0 Å². The number of hydrogen-bond acceptors (Lipinski definition) is 3. The molecule has 0 saturated carbocycles. The van der Waals surface area contributed by atoms with Crippen molar-refractivity contribution < 1.29 is 4.79 Å². The Balaban J connectivity index is 1.48. The summed E-state index contributed by atoms with van der Waals surface area (Å²) in [7, 11) is 0. The van der Waals surface area contributed by atoms with E-state index < -0.39 is 0 Å². The van der Waals surface area contributed by atoms with E-state index in [1.807, 2.05) is 66.1 Å². The van der Waals surface area contributed by atoms with Crippen LogP contribution in [0.2, 0.25) is 0 Å². The zero-order chi connectivity index (χ0) is 22.3. The van der Waals surface area contributed by atoms with Gasteiger partial charge in [-0.3, -0.25) is 14.5 Å². The van der Waals surface area contributed by atoms with E-state index >= 15 is 0 Å². The van der Waals surface area contributed by atoms with Gasteiger partial charge in [-0.05, 0) is 42.8 Å². The van der Waals surface area contributed by atoms with Crippen molar-refractivity contribution in [2.45, 2.75) is 32.4 Å². The predicted octanol–water partition coefficient (Wildman–Crippen LogP) is 5.41. The topological polar surface area (TPSA) is 62.7 Å². The molecule has 1 unspecified atom stereocenters. The Labute approximate surface area is 193 Å². The lowest BCUT2D eigenvalue weighted by molar-refractivity contribution is -0.122. The van der Waals surface area contributed by atoms with Gasteiger partial charge in [-0.1, -0.05) is 84.4 Å². The number of rotatable bonds is 8. The number of amides is 1. The van der Waals surface area contributed by atoms with E-state index in [0.29, 0.717) is 17.7 Å². The average molecular weight is 443 g/mol. The molecule has 2 N–H and O–H groups in total. The van der Waals surface area contributed by atoms with Crippen molar-refractivity contribution >= 4 is 18.1 Å². The van der Waals surface area contributed by atoms with Crippen LogP contribution < -0.4 is 5.32 Å². The third kappa shape index (κ3) is 5.39. The summed E-state index contributed by atoms with van der Waals surface area (Å²) >= 11 is 5.42. The lowest BCUT2D eigenvalue weighted by atomic mass is 9.98. The summed E-state index contributed by atoms with van der Waals surface area (Å²) in [5, 5.41) is 10.5. The molecule has 0 aliphatic carbocycles. The van der Waals surface area contributed by atoms with Crippen LogP contribution in [0.4, 0.5) is 0 Å². The summed E-state index contributed by atoms with van der Waals surface area (Å²) in [4.78, 5) is 12.9. The van der Waals surface area contributed by atoms with Gasteiger partial charge >= 0.3 is 0 Å². The number of carbonyl (C=O) groups is 1. The van der Waals surface area contributed by atoms with Crippen molar-refractivity contribution in [3.63, 3.8) is 0 Å². The van der Waals surface area contributed by atoms with E-state index in [9.17, 15) is 4.79 Å². The fourth-order valence-electron chi connectivity index (χ4n) is 3.80. The smallest absolute Gasteiger partial charge is 0.222 e. The molecular formula is C26H26N4OS. The zero-order valence-corrected chi connectivity index (χ0v) is 18.8. The normalized spacial score (nSPS) is 11.8. The van der Waals surface area contributed by atoms with Crippen LogP contribution in [0, 0.1) is 11.7 Å². The molecule has 1 aromatic heterocycles. The van der Waals surface area contributed by atoms with Crippen LogP contribution in [0.15, 0.2) is 84.9 Å². The molecule has 32 heavy (non-hydrogen) atoms. The molecule has 0 radical (unpaired) electrons. The van der Waals surface area contributed by atoms with Crippen LogP contribution in [0.3, 0.4) is 0 Å². The molecule has 0 fully saturated rings. The summed E-state index contributed by atoms with van der Waals surface area (Å²) in [6.45, 7) is 2.50. The van der Waals surface area contributed by atoms with Gasteiger partial charge in [0, 0.05) is 18.5 Å². The highest BCUT2D eigenvalue weighted by Crippen LogP contribution is 2.20. The number of hydrogen-bond donors (Lipinski definition) is 2. The molecule has 4 aromatic rings. The maximum absolute atomic E-state index is 12.9. The first-order valence-electron chi connectivity index (χ1n) is 10.7. The van der Waals surface area contributed by atoms with Crippen molar-refractivity contribution in [2.24, 2.45) is 0 Å². The minimum Gasteiger partial charge on any atom is -0.349 e. The fraction of sp³-hybridized carbons (Fsp3) is 0.192. The van der Waals surface area contributed by atoms with E-state index in [1.165, 1.54) is 5.56 Å². The third-order valence-corrected chi connectivity index (χ3v) is 5.73. The number of aromatic amines is 1. The maximum Gasteiger partial charge on any atom is 0.222 e. The van der Waals surface area contributed by atoms with Gasteiger partial charge in [0.15, 0.2) is 10.6 Å². The highest BCUT2D eigenvalue weighted by Gasteiger charge is 2.16. The van der Waals surface area contributed by atoms with E-state index in [-0.39, 0.29) is 11.9 Å². The zero-order valence-electron chi connectivity index (χ0n) is 18.0. The predicted molar refractivity (Wildman–Crippen MR) is 130 cm³/mol. The molecular weight excluding hydrogens is 416 g/mol. The maximum atomic E-state index is 12.9. The molecule has 0 saturated heterocycles. The molecule has 4 rings (SSSR count). The van der Waals surface area contributed by atoms with E-state index in [0.717, 1.165) is 28.9 Å². The summed E-state index contributed by atoms with van der Waals surface area (Å²) in [6, 6.07) is 28.3. The molecule has 0 bridgehead atoms. The molecule has 6 heteroatoms. The Morgan fingerprint density at radius 2 is 1.75 bits per heavy atom. The first-order valence-corrected chi connectivity index (χ1v) is 11.1. The molecule has 1 amide bonds. The highest BCUT2D eigenvalue weighted by atomic mass is 32.1. The SMILES string of the molecule is Cc1cccc(-c2n[nH]c(=S)n2CCC(=O)NC(Cc2ccccc2)c2ccccc2)c1. The van der Waals surface area contributed by atoms with Crippen LogP contribution >= 0.6 is 12.2 Å². The molecule has 0 aliphatic heterocycles. The number of nitrogens with one attached hydrogen (secondary N) is 2. The van der Waals surface area contributed by atoms with Crippen molar-refractivity contribution in [1.29, 1.82) is 0 Å². The minimum absolute atomic E-state index is 0.0203. The summed E-state index contributed by atoms with van der Waals surface area (Å²) in [6.07, 6.45) is 1.04. The van der Waals surface area contributed by atoms with Gasteiger partial charge in [0.1, 0.15) is 0 Å². The molecule has 3 aromatic carbocycles. The van der Waals surface area contributed by atoms with Crippen LogP contribution in [-0.4, -0.2) is 20.7 Å². The lowest BCUT2D eigenvalue weighted by Gasteiger charge is -2.20. The summed E-state index contributed by atoms with van der Waals surface area (Å²) in [5.74, 6) is 0.725. The quantitative estimate of drug-likeness (QED) is 0.359. The fourth-order valence-corrected chi connectivity index (χ4v) is 4.02. The Morgan fingerprint density at radius 1 is 1.03 bits per heavy atom. The van der Waals surface area contributed by atoms with Gasteiger partial charge in [0.25, 0.3) is 0 Å². The Kier molecular flexibility index (Phi) is 6.92. The van der Waals surface area contributed by atoms with Gasteiger partial charge in [-0.25, -0.2) is 0 Å². The summed E-state index contributed by atoms with van der Waals surface area (Å²) in [5.41, 5.74) is 4.39. The van der Waals surface area contributed by atoms with Crippen molar-refractivity contribution in [3.8, 4) is 11.4 Å². The monoisotopic (exact) mass is 442 g/mol. The largest absolute Gasteiger partial charge is 0.349 e. The standard InChI is InChI=1S/C26H26N4OS/c1-19-9-8-14-22(17-19)25-28-29-26(32)30(25)16-15-24(31)27-23(21-12-6-3-7-13-21)18-20-10-4-2-5-11-20/h2-14,17,23H,15-16,18H2,1H3,(H,27,31)(H,29,32). The van der Waals surface area contributed by atoms with Gasteiger partial charge in [0.2, 0.25) is 5.91 Å². The molecule has 5 nitrogen and oxygen atoms in total. The Morgan fingerprint density at radius 3 is 2.47 bits per heavy atom. The first kappa shape index (κ1) is 21.7. The number of nitrogens with zero attached hydrogens (tertiary/aromatic N) is 2. The first-order chi connectivity index (χ1) is 15.6. The van der Waals surface area contributed by atoms with Crippen molar-refractivity contribution in [1.82, 2.24) is 20.1 Å². The van der Waals surface area contributed by atoms with Gasteiger partial charge in [0.05, 0.1) is 6.04 Å². The van der Waals surface area contributed by atoms with Crippen LogP contribution in [0.25, 0.3) is 11.4 Å². The summed E-state index contributed by atoms with van der Waals surface area (Å²) < 4.78 is 2.40. The second kappa shape index (κ2) is 10.2. The van der Waals surface area contributed by atoms with E-state index in [4.69, 9.17) is 12.2 Å². The molecule has 162 valence electrons. The molecule has 1 heterocycles. The molecule has 1 atom stereocenters. The number of aryl methyl sites for hydroxylation is 1. The van der Waals surface area contributed by atoms with Crippen LogP contribution in [-0.2, 0) is 17.8 Å². The van der Waals surface area contributed by atoms with Gasteiger partial charge in [-0.15, -0.1) is 0 Å². The van der Waals surface area contributed by atoms with Crippen LogP contribution in [0.5, 0.6) is 0 Å². The van der Waals surface area contributed by atoms with Crippen molar-refractivity contribution in [3.05, 3.63) is 106 Å². The number of aromatic nitrogens is 3. The van der Waals surface area contributed by atoms with Gasteiger partial charge in [-0.2, -0.15) is 5.10 Å². The number of benzene rings is 3. The van der Waals surface area contributed by atoms with Crippen LogP contribution in [0.1, 0.15) is 29.2 Å². The molecule has 0 spiro atoms. The Bertz CT molecular complexity index is 1230. The van der Waals surface area contributed by atoms with Gasteiger partial charge < -0.3 is 5.32 Å². The third-order valence-electron chi connectivity index (χ3n) is 5.42. The Hall–Kier alpha value is -3.51. The lowest BCUT2D eigenvalue weighted by Crippen LogP contribution is -2.30. The minimum atomic E-state index is -0.0975. The second-order valence-electron chi connectivity index (χ2n) is 7.84. The highest BCUT2D eigenvalue weighted by molar-refractivity contribution is 7.71.